The summed E-state index contributed by atoms with van der Waals surface area (Å²) in [5.74, 6) is -3.45. The van der Waals surface area contributed by atoms with Gasteiger partial charge in [0.2, 0.25) is 0 Å². The van der Waals surface area contributed by atoms with E-state index in [0.717, 1.165) is 0 Å². The first-order chi connectivity index (χ1) is 47.0. The first kappa shape index (κ1) is 85.0. The van der Waals surface area contributed by atoms with Gasteiger partial charge in [0, 0.05) is 26.7 Å². The summed E-state index contributed by atoms with van der Waals surface area (Å²) >= 11 is 0. The maximum Gasteiger partial charge on any atom is 0.408 e. The summed E-state index contributed by atoms with van der Waals surface area (Å²) in [6.45, 7) is 29.8. The average molecular weight is 1420 g/mol. The van der Waals surface area contributed by atoms with E-state index < -0.39 is 149 Å². The number of carbonyl (C=O) groups is 9. The Bertz CT molecular complexity index is 3020. The molecule has 4 rings (SSSR count). The molecule has 564 valence electrons. The van der Waals surface area contributed by atoms with Crippen molar-refractivity contribution in [3.63, 3.8) is 0 Å². The van der Waals surface area contributed by atoms with Crippen LogP contribution in [0.25, 0.3) is 0 Å². The quantitative estimate of drug-likeness (QED) is 0.0151. The second-order valence-corrected chi connectivity index (χ2v) is 30.4. The lowest BCUT2D eigenvalue weighted by molar-refractivity contribution is -0.307. The van der Waals surface area contributed by atoms with E-state index in [-0.39, 0.29) is 77.4 Å². The Labute approximate surface area is 595 Å². The van der Waals surface area contributed by atoms with Crippen molar-refractivity contribution in [1.82, 2.24) is 31.9 Å². The summed E-state index contributed by atoms with van der Waals surface area (Å²) in [5.41, 5.74) is -5.11. The molecule has 6 amide bonds. The van der Waals surface area contributed by atoms with Gasteiger partial charge in [-0.3, -0.25) is 0 Å². The van der Waals surface area contributed by atoms with Gasteiger partial charge in [-0.25, -0.2) is 43.2 Å². The largest absolute Gasteiger partial charge is 0.454 e. The number of unbranched alkanes of at least 4 members (excludes halogenated alkanes) is 3. The number of rotatable bonds is 31. The van der Waals surface area contributed by atoms with Crippen LogP contribution in [0.4, 0.5) is 28.8 Å². The van der Waals surface area contributed by atoms with E-state index in [4.69, 9.17) is 56.8 Å². The molecule has 1 aliphatic heterocycles. The molecule has 0 bridgehead atoms. The predicted octanol–water partition coefficient (Wildman–Crippen LogP) is 11.9. The molecule has 27 nitrogen and oxygen atoms in total. The highest BCUT2D eigenvalue weighted by atomic mass is 16.7. The zero-order valence-electron chi connectivity index (χ0n) is 62.5. The molecule has 0 saturated carbocycles. The fraction of sp³-hybridized carbons (Fsp3) is 0.635. The minimum atomic E-state index is -2.01. The van der Waals surface area contributed by atoms with Crippen LogP contribution in [0.5, 0.6) is 0 Å². The first-order valence-corrected chi connectivity index (χ1v) is 34.5. The van der Waals surface area contributed by atoms with Crippen LogP contribution in [-0.4, -0.2) is 170 Å². The number of carbonyl (C=O) groups excluding carboxylic acids is 9. The highest BCUT2D eigenvalue weighted by Gasteiger charge is 2.55. The molecule has 0 aliphatic carbocycles. The molecule has 1 heterocycles. The zero-order valence-corrected chi connectivity index (χ0v) is 62.5. The topological polar surface area (TPSA) is 337 Å². The summed E-state index contributed by atoms with van der Waals surface area (Å²) in [5, 5.41) is 15.9. The van der Waals surface area contributed by atoms with Gasteiger partial charge in [0.25, 0.3) is 0 Å². The number of benzene rings is 3. The highest BCUT2D eigenvalue weighted by molar-refractivity contribution is 5.84. The Morgan fingerprint density at radius 1 is 0.366 bits per heavy atom. The van der Waals surface area contributed by atoms with Crippen LogP contribution in [0, 0.1) is 0 Å². The van der Waals surface area contributed by atoms with Gasteiger partial charge >= 0.3 is 54.5 Å². The van der Waals surface area contributed by atoms with Crippen LogP contribution in [0.15, 0.2) is 91.0 Å². The Morgan fingerprint density at radius 3 is 0.911 bits per heavy atom. The minimum absolute atomic E-state index is 0.0876. The van der Waals surface area contributed by atoms with Crippen molar-refractivity contribution < 1.29 is 100.0 Å². The minimum Gasteiger partial charge on any atom is -0.454 e. The SMILES string of the molecule is CO[C@H]1O[C@H](COC(c2ccccc2)(c2ccccc2)c2ccccc2)[C@@H](OC(=O)[C@H](CCCCNC(=O)OC(C)(C)C)NC(=O)OC(C)(C)C)[C@H](OC(=O)[C@H](CCCCNC(=O)OC(C)(C)C)NC(=O)OC(C)(C)C)[C@@H]1OC(=O)[C@H](CCCCNC(=O)OC(C)(C)C)NC(=O)OC(C)(C)C. The number of ether oxygens (including phenoxy) is 12. The molecule has 1 saturated heterocycles. The molecule has 27 heteroatoms. The van der Waals surface area contributed by atoms with Crippen LogP contribution in [-0.2, 0) is 76.8 Å². The van der Waals surface area contributed by atoms with Gasteiger partial charge in [-0.15, -0.1) is 0 Å². The maximum atomic E-state index is 15.6. The second kappa shape index (κ2) is 38.6. The third-order valence-electron chi connectivity index (χ3n) is 14.3. The standard InChI is InChI=1S/C74H112N6O21/c1-68(2,3)96-62(84)75-44-32-29-41-51(78-65(87)99-71(10,11)12)58(81)93-55-54(47-91-74(48-35-23-20-24-36-48,49-37-25-21-26-38-49)50-39-27-22-28-40-50)92-61(90-19)57(95-60(83)53(80-67(89)101-73(16,17)18)43-31-34-46-77-64(86)98-70(7,8)9)56(55)94-59(82)52(79-66(88)100-72(13,14)15)42-30-33-45-76-63(85)97-69(4,5)6/h20-28,35-40,51-57,61H,29-34,41-47H2,1-19H3,(H,75,84)(H,76,85)(H,77,86)(H,78,87)(H,79,88)(H,80,89)/t51-,52-,53-,54+,55+,56-,57-,61-/m0/s1. The Hall–Kier alpha value is -8.43. The summed E-state index contributed by atoms with van der Waals surface area (Å²) < 4.78 is 73.1. The zero-order chi connectivity index (χ0) is 75.6. The normalized spacial score (nSPS) is 17.6. The van der Waals surface area contributed by atoms with E-state index in [2.05, 4.69) is 31.9 Å². The molecule has 3 aromatic carbocycles. The van der Waals surface area contributed by atoms with Crippen LogP contribution in [0.3, 0.4) is 0 Å². The number of hydrogen-bond acceptors (Lipinski definition) is 21. The van der Waals surface area contributed by atoms with Crippen molar-refractivity contribution in [2.75, 3.05) is 33.4 Å². The van der Waals surface area contributed by atoms with Gasteiger partial charge < -0.3 is 88.7 Å². The number of nitrogens with one attached hydrogen (secondary N) is 6. The van der Waals surface area contributed by atoms with E-state index in [1.165, 1.54) is 7.11 Å². The van der Waals surface area contributed by atoms with Crippen molar-refractivity contribution in [2.45, 2.75) is 270 Å². The van der Waals surface area contributed by atoms with Crippen LogP contribution < -0.4 is 31.9 Å². The lowest BCUT2D eigenvalue weighted by Crippen LogP contribution is -2.65. The summed E-state index contributed by atoms with van der Waals surface area (Å²) in [4.78, 5) is 126. The third-order valence-corrected chi connectivity index (χ3v) is 14.3. The van der Waals surface area contributed by atoms with Crippen LogP contribution in [0.2, 0.25) is 0 Å². The number of amides is 6. The van der Waals surface area contributed by atoms with Crippen molar-refractivity contribution in [1.29, 1.82) is 0 Å². The number of methoxy groups -OCH3 is 1. The van der Waals surface area contributed by atoms with Crippen molar-refractivity contribution in [2.24, 2.45) is 0 Å². The summed E-state index contributed by atoms with van der Waals surface area (Å²) in [7, 11) is 1.22. The monoisotopic (exact) mass is 1420 g/mol. The van der Waals surface area contributed by atoms with Gasteiger partial charge in [0.05, 0.1) is 6.61 Å². The predicted molar refractivity (Wildman–Crippen MR) is 374 cm³/mol. The van der Waals surface area contributed by atoms with Crippen molar-refractivity contribution in [3.8, 4) is 0 Å². The van der Waals surface area contributed by atoms with Gasteiger partial charge in [-0.05, 0) is 199 Å². The molecule has 0 aromatic heterocycles. The second-order valence-electron chi connectivity index (χ2n) is 30.4. The van der Waals surface area contributed by atoms with Crippen LogP contribution in [0.1, 0.15) is 199 Å². The van der Waals surface area contributed by atoms with E-state index >= 15 is 14.4 Å². The van der Waals surface area contributed by atoms with Crippen LogP contribution >= 0.6 is 0 Å². The average Bonchev–Trinajstić information content (AvgIpc) is 0.757. The van der Waals surface area contributed by atoms with Gasteiger partial charge in [-0.2, -0.15) is 0 Å². The molecule has 0 radical (unpaired) electrons. The number of alkyl carbamates (subject to hydrolysis) is 6. The molecule has 6 N–H and O–H groups in total. The highest BCUT2D eigenvalue weighted by Crippen LogP contribution is 2.42. The number of hydrogen-bond donors (Lipinski definition) is 6. The lowest BCUT2D eigenvalue weighted by Gasteiger charge is -2.46. The third kappa shape index (κ3) is 32.0. The molecule has 0 unspecified atom stereocenters. The molecule has 3 aromatic rings. The van der Waals surface area contributed by atoms with Gasteiger partial charge in [-0.1, -0.05) is 91.0 Å². The molecule has 8 atom stereocenters. The summed E-state index contributed by atoms with van der Waals surface area (Å²) in [6.07, 6.45) is -13.4. The molecule has 1 aliphatic rings. The maximum absolute atomic E-state index is 15.6. The van der Waals surface area contributed by atoms with Crippen molar-refractivity contribution in [3.05, 3.63) is 108 Å². The van der Waals surface area contributed by atoms with E-state index in [1.807, 2.05) is 91.0 Å². The molecule has 101 heavy (non-hydrogen) atoms. The fourth-order valence-corrected chi connectivity index (χ4v) is 10.3. The van der Waals surface area contributed by atoms with E-state index in [1.54, 1.807) is 125 Å². The molecular formula is C74H112N6O21. The Balaban J connectivity index is 2.03. The Morgan fingerprint density at radius 2 is 0.634 bits per heavy atom. The smallest absolute Gasteiger partial charge is 0.408 e. The first-order valence-electron chi connectivity index (χ1n) is 34.5. The summed E-state index contributed by atoms with van der Waals surface area (Å²) in [6, 6.07) is 23.1. The fourth-order valence-electron chi connectivity index (χ4n) is 10.3. The lowest BCUT2D eigenvalue weighted by atomic mass is 9.80. The molecule has 0 spiro atoms. The van der Waals surface area contributed by atoms with Crippen molar-refractivity contribution >= 4 is 54.5 Å². The van der Waals surface area contributed by atoms with E-state index in [0.29, 0.717) is 16.7 Å². The van der Waals surface area contributed by atoms with Gasteiger partial charge in [0.15, 0.2) is 24.6 Å². The Kier molecular flexibility index (Phi) is 32.4. The number of esters is 3. The molecule has 1 fully saturated rings. The van der Waals surface area contributed by atoms with E-state index in [9.17, 15) is 28.8 Å². The van der Waals surface area contributed by atoms with Gasteiger partial charge in [0.1, 0.15) is 63.4 Å². The molecular weight excluding hydrogens is 1310 g/mol.